The van der Waals surface area contributed by atoms with Gasteiger partial charge in [-0.05, 0) is 46.3 Å². The molecular formula is C11H8BrFN2O. The van der Waals surface area contributed by atoms with Crippen LogP contribution < -0.4 is 4.74 Å². The standard InChI is InChI=1S/C11H8BrFN2O/c12-10-5-6-14-11(15-10)7-16-9-3-1-8(13)2-4-9/h1-6H,7H2. The molecule has 16 heavy (non-hydrogen) atoms. The minimum absolute atomic E-state index is 0.255. The molecule has 0 amide bonds. The van der Waals surface area contributed by atoms with E-state index in [9.17, 15) is 4.39 Å². The summed E-state index contributed by atoms with van der Waals surface area (Å²) in [4.78, 5) is 8.14. The third-order valence-corrected chi connectivity index (χ3v) is 2.29. The fourth-order valence-electron chi connectivity index (χ4n) is 1.12. The lowest BCUT2D eigenvalue weighted by molar-refractivity contribution is 0.295. The highest BCUT2D eigenvalue weighted by Crippen LogP contribution is 2.12. The summed E-state index contributed by atoms with van der Waals surface area (Å²) < 4.78 is 18.7. The Bertz CT molecular complexity index is 476. The molecule has 0 atom stereocenters. The van der Waals surface area contributed by atoms with Crippen molar-refractivity contribution in [1.29, 1.82) is 0 Å². The minimum atomic E-state index is -0.286. The van der Waals surface area contributed by atoms with E-state index < -0.39 is 0 Å². The van der Waals surface area contributed by atoms with Crippen molar-refractivity contribution in [3.05, 3.63) is 52.8 Å². The number of hydrogen-bond acceptors (Lipinski definition) is 3. The molecule has 1 aromatic carbocycles. The molecule has 0 saturated heterocycles. The first-order valence-electron chi connectivity index (χ1n) is 4.60. The van der Waals surface area contributed by atoms with Gasteiger partial charge in [0.05, 0.1) is 0 Å². The number of aromatic nitrogens is 2. The second-order valence-electron chi connectivity index (χ2n) is 3.04. The van der Waals surface area contributed by atoms with E-state index in [0.29, 0.717) is 16.2 Å². The van der Waals surface area contributed by atoms with Crippen molar-refractivity contribution in [1.82, 2.24) is 9.97 Å². The average molecular weight is 283 g/mol. The molecule has 0 unspecified atom stereocenters. The van der Waals surface area contributed by atoms with Crippen molar-refractivity contribution in [3.63, 3.8) is 0 Å². The van der Waals surface area contributed by atoms with Crippen LogP contribution in [0.2, 0.25) is 0 Å². The molecule has 2 rings (SSSR count). The molecule has 0 N–H and O–H groups in total. The molecule has 1 aromatic heterocycles. The fraction of sp³-hybridized carbons (Fsp3) is 0.0909. The van der Waals surface area contributed by atoms with Crippen LogP contribution in [0.3, 0.4) is 0 Å². The van der Waals surface area contributed by atoms with Crippen LogP contribution in [0.15, 0.2) is 41.1 Å². The first-order valence-corrected chi connectivity index (χ1v) is 5.39. The molecule has 0 bridgehead atoms. The first kappa shape index (κ1) is 11.0. The van der Waals surface area contributed by atoms with E-state index in [1.165, 1.54) is 12.1 Å². The van der Waals surface area contributed by atoms with Crippen molar-refractivity contribution < 1.29 is 9.13 Å². The Labute approximate surface area is 100 Å². The average Bonchev–Trinajstić information content (AvgIpc) is 2.28. The smallest absolute Gasteiger partial charge is 0.167 e. The van der Waals surface area contributed by atoms with Crippen molar-refractivity contribution in [2.75, 3.05) is 0 Å². The summed E-state index contributed by atoms with van der Waals surface area (Å²) in [5.74, 6) is 0.870. The molecule has 0 aliphatic heterocycles. The molecule has 82 valence electrons. The maximum atomic E-state index is 12.6. The number of hydrogen-bond donors (Lipinski definition) is 0. The Morgan fingerprint density at radius 2 is 1.94 bits per heavy atom. The number of nitrogens with zero attached hydrogens (tertiary/aromatic N) is 2. The second kappa shape index (κ2) is 5.03. The number of halogens is 2. The van der Waals surface area contributed by atoms with E-state index in [-0.39, 0.29) is 12.4 Å². The Morgan fingerprint density at radius 3 is 2.62 bits per heavy atom. The Morgan fingerprint density at radius 1 is 1.19 bits per heavy atom. The zero-order valence-electron chi connectivity index (χ0n) is 8.23. The second-order valence-corrected chi connectivity index (χ2v) is 3.85. The summed E-state index contributed by atoms with van der Waals surface area (Å²) in [7, 11) is 0. The van der Waals surface area contributed by atoms with Gasteiger partial charge < -0.3 is 4.74 Å². The monoisotopic (exact) mass is 282 g/mol. The topological polar surface area (TPSA) is 35.0 Å². The van der Waals surface area contributed by atoms with Crippen LogP contribution >= 0.6 is 15.9 Å². The van der Waals surface area contributed by atoms with Crippen LogP contribution in [0, 0.1) is 5.82 Å². The molecule has 0 fully saturated rings. The van der Waals surface area contributed by atoms with Gasteiger partial charge in [0.25, 0.3) is 0 Å². The largest absolute Gasteiger partial charge is 0.486 e. The molecule has 5 heteroatoms. The van der Waals surface area contributed by atoms with Crippen LogP contribution in [-0.4, -0.2) is 9.97 Å². The van der Waals surface area contributed by atoms with Gasteiger partial charge in [0.15, 0.2) is 5.82 Å². The predicted molar refractivity (Wildman–Crippen MR) is 60.5 cm³/mol. The van der Waals surface area contributed by atoms with Crippen molar-refractivity contribution in [2.24, 2.45) is 0 Å². The van der Waals surface area contributed by atoms with Crippen LogP contribution in [0.25, 0.3) is 0 Å². The van der Waals surface area contributed by atoms with E-state index in [2.05, 4.69) is 25.9 Å². The lowest BCUT2D eigenvalue weighted by Crippen LogP contribution is -2.01. The molecule has 0 saturated carbocycles. The van der Waals surface area contributed by atoms with Gasteiger partial charge in [-0.2, -0.15) is 0 Å². The molecule has 3 nitrogen and oxygen atoms in total. The van der Waals surface area contributed by atoms with E-state index in [0.717, 1.165) is 0 Å². The number of rotatable bonds is 3. The summed E-state index contributed by atoms with van der Waals surface area (Å²) in [6.07, 6.45) is 1.64. The fourth-order valence-corrected chi connectivity index (χ4v) is 1.45. The van der Waals surface area contributed by atoms with Crippen LogP contribution in [-0.2, 0) is 6.61 Å². The number of ether oxygens (including phenoxy) is 1. The summed E-state index contributed by atoms with van der Waals surface area (Å²) >= 11 is 3.24. The summed E-state index contributed by atoms with van der Waals surface area (Å²) in [5, 5.41) is 0. The van der Waals surface area contributed by atoms with Crippen LogP contribution in [0.4, 0.5) is 4.39 Å². The molecular weight excluding hydrogens is 275 g/mol. The summed E-state index contributed by atoms with van der Waals surface area (Å²) in [6, 6.07) is 7.55. The molecule has 0 aliphatic carbocycles. The van der Waals surface area contributed by atoms with Gasteiger partial charge in [-0.1, -0.05) is 0 Å². The SMILES string of the molecule is Fc1ccc(OCc2nccc(Br)n2)cc1. The predicted octanol–water partition coefficient (Wildman–Crippen LogP) is 2.96. The summed E-state index contributed by atoms with van der Waals surface area (Å²) in [6.45, 7) is 0.255. The molecule has 0 spiro atoms. The number of benzene rings is 1. The Balaban J connectivity index is 1.99. The first-order chi connectivity index (χ1) is 7.74. The molecule has 2 aromatic rings. The molecule has 0 radical (unpaired) electrons. The quantitative estimate of drug-likeness (QED) is 0.812. The van der Waals surface area contributed by atoms with Gasteiger partial charge in [-0.15, -0.1) is 0 Å². The van der Waals surface area contributed by atoms with E-state index in [1.807, 2.05) is 0 Å². The van der Waals surface area contributed by atoms with Crippen molar-refractivity contribution in [3.8, 4) is 5.75 Å². The minimum Gasteiger partial charge on any atom is -0.486 e. The maximum Gasteiger partial charge on any atom is 0.167 e. The highest BCUT2D eigenvalue weighted by Gasteiger charge is 1.99. The highest BCUT2D eigenvalue weighted by atomic mass is 79.9. The lowest BCUT2D eigenvalue weighted by atomic mass is 10.3. The van der Waals surface area contributed by atoms with Gasteiger partial charge in [0.2, 0.25) is 0 Å². The normalized spacial score (nSPS) is 10.1. The van der Waals surface area contributed by atoms with Gasteiger partial charge >= 0.3 is 0 Å². The highest BCUT2D eigenvalue weighted by molar-refractivity contribution is 9.10. The van der Waals surface area contributed by atoms with Gasteiger partial charge in [-0.3, -0.25) is 0 Å². The van der Waals surface area contributed by atoms with E-state index in [1.54, 1.807) is 24.4 Å². The third-order valence-electron chi connectivity index (χ3n) is 1.85. The molecule has 1 heterocycles. The zero-order valence-corrected chi connectivity index (χ0v) is 9.82. The maximum absolute atomic E-state index is 12.6. The van der Waals surface area contributed by atoms with E-state index in [4.69, 9.17) is 4.74 Å². The lowest BCUT2D eigenvalue weighted by Gasteiger charge is -2.04. The Kier molecular flexibility index (Phi) is 3.46. The molecule has 0 aliphatic rings. The van der Waals surface area contributed by atoms with Crippen molar-refractivity contribution in [2.45, 2.75) is 6.61 Å². The van der Waals surface area contributed by atoms with Gasteiger partial charge in [0, 0.05) is 6.20 Å². The van der Waals surface area contributed by atoms with Gasteiger partial charge in [0.1, 0.15) is 22.8 Å². The third kappa shape index (κ3) is 3.00. The zero-order chi connectivity index (χ0) is 11.4. The van der Waals surface area contributed by atoms with Crippen LogP contribution in [0.1, 0.15) is 5.82 Å². The Hall–Kier alpha value is -1.49. The van der Waals surface area contributed by atoms with E-state index >= 15 is 0 Å². The summed E-state index contributed by atoms with van der Waals surface area (Å²) in [5.41, 5.74) is 0. The van der Waals surface area contributed by atoms with Gasteiger partial charge in [-0.25, -0.2) is 14.4 Å². The van der Waals surface area contributed by atoms with Crippen LogP contribution in [0.5, 0.6) is 5.75 Å². The van der Waals surface area contributed by atoms with Crippen molar-refractivity contribution >= 4 is 15.9 Å².